The Morgan fingerprint density at radius 1 is 1.15 bits per heavy atom. The Kier molecular flexibility index (Phi) is 11.8. The third-order valence-electron chi connectivity index (χ3n) is 4.69. The molecule has 2 rings (SSSR count). The van der Waals surface area contributed by atoms with E-state index in [1.165, 1.54) is 4.31 Å². The fraction of sp³-hybridized carbons (Fsp3) is 0.600. The van der Waals surface area contributed by atoms with Crippen LogP contribution >= 0.6 is 0 Å². The van der Waals surface area contributed by atoms with E-state index >= 15 is 0 Å². The van der Waals surface area contributed by atoms with Crippen LogP contribution in [-0.4, -0.2) is 99.5 Å². The van der Waals surface area contributed by atoms with Crippen LogP contribution in [0.15, 0.2) is 24.3 Å². The normalized spacial score (nSPS) is 14.8. The summed E-state index contributed by atoms with van der Waals surface area (Å²) in [5.41, 5.74) is 1.65. The molecule has 1 saturated heterocycles. The van der Waals surface area contributed by atoms with Gasteiger partial charge in [-0.3, -0.25) is 4.79 Å². The van der Waals surface area contributed by atoms with Gasteiger partial charge in [-0.05, 0) is 25.5 Å². The molecule has 1 aromatic rings. The van der Waals surface area contributed by atoms with Crippen LogP contribution in [0.3, 0.4) is 0 Å². The van der Waals surface area contributed by atoms with Gasteiger partial charge in [0.1, 0.15) is 0 Å². The van der Waals surface area contributed by atoms with Crippen LogP contribution in [0.2, 0.25) is 0 Å². The molecule has 0 atom stereocenters. The minimum Gasteiger partial charge on any atom is -0.475 e. The van der Waals surface area contributed by atoms with Gasteiger partial charge in [0.05, 0.1) is 5.75 Å². The third-order valence-corrected chi connectivity index (χ3v) is 6.54. The number of halogens is 3. The molecule has 0 aromatic heterocycles. The lowest BCUT2D eigenvalue weighted by Crippen LogP contribution is -2.48. The average molecular weight is 498 g/mol. The van der Waals surface area contributed by atoms with E-state index < -0.39 is 22.2 Å². The highest BCUT2D eigenvalue weighted by Crippen LogP contribution is 2.13. The molecule has 9 nitrogen and oxygen atoms in total. The number of sulfonamides is 1. The van der Waals surface area contributed by atoms with E-state index in [1.807, 2.05) is 19.1 Å². The highest BCUT2D eigenvalue weighted by molar-refractivity contribution is 7.89. The quantitative estimate of drug-likeness (QED) is 0.495. The molecule has 0 unspecified atom stereocenters. The van der Waals surface area contributed by atoms with E-state index in [9.17, 15) is 26.4 Å². The molecule has 0 bridgehead atoms. The number of aryl methyl sites for hydroxylation is 1. The number of carbonyl (C=O) groups is 2. The number of methoxy groups -OCH3 is 1. The van der Waals surface area contributed by atoms with Gasteiger partial charge in [-0.1, -0.05) is 17.7 Å². The molecule has 2 N–H and O–H groups in total. The molecule has 0 radical (unpaired) electrons. The van der Waals surface area contributed by atoms with Crippen LogP contribution in [0.1, 0.15) is 22.3 Å². The van der Waals surface area contributed by atoms with Crippen molar-refractivity contribution in [2.24, 2.45) is 0 Å². The van der Waals surface area contributed by atoms with E-state index in [4.69, 9.17) is 14.6 Å². The highest BCUT2D eigenvalue weighted by Gasteiger charge is 2.38. The predicted octanol–water partition coefficient (Wildman–Crippen LogP) is 1.34. The second-order valence-corrected chi connectivity index (χ2v) is 9.36. The van der Waals surface area contributed by atoms with Crippen molar-refractivity contribution in [1.82, 2.24) is 14.5 Å². The molecule has 0 saturated carbocycles. The van der Waals surface area contributed by atoms with Crippen molar-refractivity contribution in [2.75, 3.05) is 58.7 Å². The number of carbonyl (C=O) groups excluding carboxylic acids is 1. The summed E-state index contributed by atoms with van der Waals surface area (Å²) in [4.78, 5) is 23.3. The topological polar surface area (TPSA) is 116 Å². The molecule has 0 spiro atoms. The van der Waals surface area contributed by atoms with E-state index in [0.29, 0.717) is 51.3 Å². The standard InChI is InChI=1S/C18H29N3O4S.C2HF3O2/c1-16-4-6-17(7-5-16)18(22)20(10-3-14-25-2)13-15-26(23,24)21-11-8-19-9-12-21;3-2(4,5)1(6)7/h4-7,19H,3,8-15H2,1-2H3;(H,6,7). The summed E-state index contributed by atoms with van der Waals surface area (Å²) in [6.45, 7) is 5.45. The number of ether oxygens (including phenoxy) is 1. The number of carboxylic acids is 1. The smallest absolute Gasteiger partial charge is 0.475 e. The van der Waals surface area contributed by atoms with E-state index in [-0.39, 0.29) is 18.2 Å². The summed E-state index contributed by atoms with van der Waals surface area (Å²) in [7, 11) is -1.75. The van der Waals surface area contributed by atoms with Crippen LogP contribution < -0.4 is 5.32 Å². The fourth-order valence-electron chi connectivity index (χ4n) is 2.87. The number of hydrogen-bond acceptors (Lipinski definition) is 6. The summed E-state index contributed by atoms with van der Waals surface area (Å²) in [6, 6.07) is 7.34. The number of amides is 1. The zero-order valence-corrected chi connectivity index (χ0v) is 19.4. The number of piperazine rings is 1. The number of benzene rings is 1. The minimum absolute atomic E-state index is 0.0580. The fourth-order valence-corrected chi connectivity index (χ4v) is 4.32. The van der Waals surface area contributed by atoms with Crippen LogP contribution in [0, 0.1) is 6.92 Å². The Bertz CT molecular complexity index is 857. The molecule has 13 heteroatoms. The summed E-state index contributed by atoms with van der Waals surface area (Å²) in [6.07, 6.45) is -4.41. The van der Waals surface area contributed by atoms with Gasteiger partial charge < -0.3 is 20.1 Å². The molecule has 188 valence electrons. The molecule has 1 amide bonds. The maximum Gasteiger partial charge on any atom is 0.490 e. The first-order valence-corrected chi connectivity index (χ1v) is 11.8. The second kappa shape index (κ2) is 13.5. The molecule has 1 fully saturated rings. The van der Waals surface area contributed by atoms with Crippen molar-refractivity contribution in [3.8, 4) is 0 Å². The van der Waals surface area contributed by atoms with Crippen LogP contribution in [0.4, 0.5) is 13.2 Å². The molecule has 33 heavy (non-hydrogen) atoms. The molecule has 1 aromatic carbocycles. The minimum atomic E-state index is -5.08. The number of nitrogens with zero attached hydrogens (tertiary/aromatic N) is 2. The van der Waals surface area contributed by atoms with Crippen LogP contribution in [-0.2, 0) is 19.6 Å². The van der Waals surface area contributed by atoms with Gasteiger partial charge in [0.25, 0.3) is 5.91 Å². The summed E-state index contributed by atoms with van der Waals surface area (Å²) in [5.74, 6) is -2.96. The Hall–Kier alpha value is -2.22. The van der Waals surface area contributed by atoms with Gasteiger partial charge in [-0.15, -0.1) is 0 Å². The number of alkyl halides is 3. The van der Waals surface area contributed by atoms with Crippen molar-refractivity contribution in [1.29, 1.82) is 0 Å². The first kappa shape index (κ1) is 28.8. The van der Waals surface area contributed by atoms with Crippen molar-refractivity contribution in [2.45, 2.75) is 19.5 Å². The Balaban J connectivity index is 0.000000675. The van der Waals surface area contributed by atoms with Gasteiger partial charge in [0, 0.05) is 58.5 Å². The SMILES string of the molecule is COCCCN(CCS(=O)(=O)N1CCNCC1)C(=O)c1ccc(C)cc1.O=C(O)C(F)(F)F. The zero-order valence-electron chi connectivity index (χ0n) is 18.6. The number of aliphatic carboxylic acids is 1. The maximum atomic E-state index is 12.8. The molecular weight excluding hydrogens is 467 g/mol. The summed E-state index contributed by atoms with van der Waals surface area (Å²) < 4.78 is 63.4. The van der Waals surface area contributed by atoms with Crippen molar-refractivity contribution < 1.29 is 41.0 Å². The summed E-state index contributed by atoms with van der Waals surface area (Å²) >= 11 is 0. The first-order chi connectivity index (χ1) is 15.4. The third kappa shape index (κ3) is 10.5. The average Bonchev–Trinajstić information content (AvgIpc) is 2.76. The summed E-state index contributed by atoms with van der Waals surface area (Å²) in [5, 5.41) is 10.3. The van der Waals surface area contributed by atoms with Gasteiger partial charge >= 0.3 is 12.1 Å². The van der Waals surface area contributed by atoms with Crippen molar-refractivity contribution in [3.63, 3.8) is 0 Å². The zero-order chi connectivity index (χ0) is 25.1. The Morgan fingerprint density at radius 3 is 2.18 bits per heavy atom. The van der Waals surface area contributed by atoms with Crippen molar-refractivity contribution >= 4 is 21.9 Å². The van der Waals surface area contributed by atoms with E-state index in [1.54, 1.807) is 24.1 Å². The van der Waals surface area contributed by atoms with E-state index in [2.05, 4.69) is 5.32 Å². The number of rotatable bonds is 9. The number of hydrogen-bond donors (Lipinski definition) is 2. The first-order valence-electron chi connectivity index (χ1n) is 10.2. The van der Waals surface area contributed by atoms with Gasteiger partial charge in [0.2, 0.25) is 10.0 Å². The van der Waals surface area contributed by atoms with Crippen molar-refractivity contribution in [3.05, 3.63) is 35.4 Å². The van der Waals surface area contributed by atoms with Gasteiger partial charge in [0.15, 0.2) is 0 Å². The van der Waals surface area contributed by atoms with Gasteiger partial charge in [-0.25, -0.2) is 13.2 Å². The number of nitrogens with one attached hydrogen (secondary N) is 1. The Labute approximate surface area is 191 Å². The highest BCUT2D eigenvalue weighted by atomic mass is 32.2. The number of carboxylic acid groups (broad SMARTS) is 1. The second-order valence-electron chi connectivity index (χ2n) is 7.27. The monoisotopic (exact) mass is 497 g/mol. The van der Waals surface area contributed by atoms with Crippen LogP contribution in [0.5, 0.6) is 0 Å². The molecule has 1 aliphatic heterocycles. The molecule has 1 heterocycles. The molecule has 0 aliphatic carbocycles. The maximum absolute atomic E-state index is 12.8. The largest absolute Gasteiger partial charge is 0.490 e. The lowest BCUT2D eigenvalue weighted by atomic mass is 10.1. The predicted molar refractivity (Wildman–Crippen MR) is 115 cm³/mol. The molecule has 1 aliphatic rings. The van der Waals surface area contributed by atoms with E-state index in [0.717, 1.165) is 5.56 Å². The lowest BCUT2D eigenvalue weighted by molar-refractivity contribution is -0.192. The lowest BCUT2D eigenvalue weighted by Gasteiger charge is -2.28. The van der Waals surface area contributed by atoms with Crippen LogP contribution in [0.25, 0.3) is 0 Å². The van der Waals surface area contributed by atoms with Gasteiger partial charge in [-0.2, -0.15) is 17.5 Å². The molecular formula is C20H30F3N3O6S. The Morgan fingerprint density at radius 2 is 1.70 bits per heavy atom.